The number of halogens is 3. The standard InChI is InChI=1S/C17H13F3N2O2/c1-11(24-15-7-5-12(10-21)6-8-15)16(23)22-14-4-2-3-13(9-14)17(18,19)20/h2-9,11H,1H3,(H,22,23)/t11-/m0/s1. The van der Waals surface area contributed by atoms with Crippen molar-refractivity contribution in [3.8, 4) is 11.8 Å². The van der Waals surface area contributed by atoms with E-state index in [1.54, 1.807) is 0 Å². The summed E-state index contributed by atoms with van der Waals surface area (Å²) < 4.78 is 43.4. The molecule has 0 saturated heterocycles. The predicted molar refractivity (Wildman–Crippen MR) is 81.3 cm³/mol. The van der Waals surface area contributed by atoms with Gasteiger partial charge < -0.3 is 10.1 Å². The molecular formula is C17H13F3N2O2. The molecule has 1 atom stereocenters. The summed E-state index contributed by atoms with van der Waals surface area (Å²) in [5.41, 5.74) is -0.366. The number of anilines is 1. The Morgan fingerprint density at radius 3 is 2.46 bits per heavy atom. The third kappa shape index (κ3) is 4.49. The summed E-state index contributed by atoms with van der Waals surface area (Å²) >= 11 is 0. The summed E-state index contributed by atoms with van der Waals surface area (Å²) in [6, 6.07) is 12.4. The van der Waals surface area contributed by atoms with Crippen molar-refractivity contribution in [2.24, 2.45) is 0 Å². The van der Waals surface area contributed by atoms with E-state index in [-0.39, 0.29) is 5.69 Å². The van der Waals surface area contributed by atoms with Crippen LogP contribution in [0.25, 0.3) is 0 Å². The number of nitriles is 1. The van der Waals surface area contributed by atoms with Crippen LogP contribution in [0, 0.1) is 11.3 Å². The molecule has 2 aromatic rings. The van der Waals surface area contributed by atoms with Crippen LogP contribution in [-0.2, 0) is 11.0 Å². The molecule has 0 spiro atoms. The zero-order valence-electron chi connectivity index (χ0n) is 12.6. The van der Waals surface area contributed by atoms with Crippen LogP contribution >= 0.6 is 0 Å². The highest BCUT2D eigenvalue weighted by atomic mass is 19.4. The van der Waals surface area contributed by atoms with Crippen molar-refractivity contribution in [3.63, 3.8) is 0 Å². The van der Waals surface area contributed by atoms with Crippen LogP contribution < -0.4 is 10.1 Å². The molecule has 0 bridgehead atoms. The lowest BCUT2D eigenvalue weighted by molar-refractivity contribution is -0.137. The Kier molecular flexibility index (Phi) is 5.09. The van der Waals surface area contributed by atoms with Gasteiger partial charge in [-0.25, -0.2) is 0 Å². The minimum Gasteiger partial charge on any atom is -0.481 e. The zero-order valence-corrected chi connectivity index (χ0v) is 12.6. The van der Waals surface area contributed by atoms with Crippen LogP contribution in [0.3, 0.4) is 0 Å². The Morgan fingerprint density at radius 1 is 1.21 bits per heavy atom. The number of ether oxygens (including phenoxy) is 1. The van der Waals surface area contributed by atoms with Crippen LogP contribution in [0.1, 0.15) is 18.1 Å². The predicted octanol–water partition coefficient (Wildman–Crippen LogP) is 3.98. The number of alkyl halides is 3. The third-order valence-electron chi connectivity index (χ3n) is 3.12. The number of hydrogen-bond acceptors (Lipinski definition) is 3. The van der Waals surface area contributed by atoms with E-state index >= 15 is 0 Å². The van der Waals surface area contributed by atoms with E-state index in [1.807, 2.05) is 6.07 Å². The zero-order chi connectivity index (χ0) is 17.7. The molecule has 24 heavy (non-hydrogen) atoms. The number of hydrogen-bond donors (Lipinski definition) is 1. The Labute approximate surface area is 136 Å². The van der Waals surface area contributed by atoms with Crippen molar-refractivity contribution in [1.29, 1.82) is 5.26 Å². The molecule has 1 N–H and O–H groups in total. The fraction of sp³-hybridized carbons (Fsp3) is 0.176. The lowest BCUT2D eigenvalue weighted by Gasteiger charge is -2.15. The molecule has 124 valence electrons. The minimum absolute atomic E-state index is 0.0325. The highest BCUT2D eigenvalue weighted by Gasteiger charge is 2.30. The van der Waals surface area contributed by atoms with Crippen molar-refractivity contribution in [2.75, 3.05) is 5.32 Å². The molecule has 0 saturated carbocycles. The largest absolute Gasteiger partial charge is 0.481 e. The summed E-state index contributed by atoms with van der Waals surface area (Å²) in [7, 11) is 0. The van der Waals surface area contributed by atoms with Gasteiger partial charge in [0.15, 0.2) is 6.10 Å². The topological polar surface area (TPSA) is 62.1 Å². The maximum Gasteiger partial charge on any atom is 0.416 e. The molecule has 2 rings (SSSR count). The number of carbonyl (C=O) groups is 1. The van der Waals surface area contributed by atoms with Gasteiger partial charge in [-0.15, -0.1) is 0 Å². The summed E-state index contributed by atoms with van der Waals surface area (Å²) in [4.78, 5) is 12.0. The first-order valence-corrected chi connectivity index (χ1v) is 6.94. The van der Waals surface area contributed by atoms with E-state index in [0.29, 0.717) is 11.3 Å². The van der Waals surface area contributed by atoms with Gasteiger partial charge in [-0.3, -0.25) is 4.79 Å². The lowest BCUT2D eigenvalue weighted by atomic mass is 10.2. The lowest BCUT2D eigenvalue weighted by Crippen LogP contribution is -2.30. The molecule has 4 nitrogen and oxygen atoms in total. The number of amides is 1. The van der Waals surface area contributed by atoms with E-state index in [4.69, 9.17) is 10.00 Å². The van der Waals surface area contributed by atoms with E-state index in [9.17, 15) is 18.0 Å². The number of carbonyl (C=O) groups excluding carboxylic acids is 1. The second kappa shape index (κ2) is 7.04. The van der Waals surface area contributed by atoms with Gasteiger partial charge in [-0.1, -0.05) is 6.07 Å². The number of benzene rings is 2. The number of rotatable bonds is 4. The Hall–Kier alpha value is -3.01. The second-order valence-corrected chi connectivity index (χ2v) is 4.96. The highest BCUT2D eigenvalue weighted by molar-refractivity contribution is 5.94. The van der Waals surface area contributed by atoms with Crippen molar-refractivity contribution in [2.45, 2.75) is 19.2 Å². The Balaban J connectivity index is 2.02. The SMILES string of the molecule is C[C@H](Oc1ccc(C#N)cc1)C(=O)Nc1cccc(C(F)(F)F)c1. The average Bonchev–Trinajstić information content (AvgIpc) is 2.55. The second-order valence-electron chi connectivity index (χ2n) is 4.96. The van der Waals surface area contributed by atoms with Gasteiger partial charge in [0.2, 0.25) is 0 Å². The van der Waals surface area contributed by atoms with Crippen LogP contribution in [0.4, 0.5) is 18.9 Å². The highest BCUT2D eigenvalue weighted by Crippen LogP contribution is 2.30. The fourth-order valence-electron chi connectivity index (χ4n) is 1.88. The van der Waals surface area contributed by atoms with E-state index in [1.165, 1.54) is 43.3 Å². The molecule has 0 aliphatic heterocycles. The van der Waals surface area contributed by atoms with Gasteiger partial charge in [-0.05, 0) is 49.4 Å². The molecule has 0 aliphatic carbocycles. The van der Waals surface area contributed by atoms with Crippen molar-refractivity contribution in [1.82, 2.24) is 0 Å². The first-order valence-electron chi connectivity index (χ1n) is 6.94. The van der Waals surface area contributed by atoms with Gasteiger partial charge in [0.05, 0.1) is 17.2 Å². The Morgan fingerprint density at radius 2 is 1.88 bits per heavy atom. The molecule has 7 heteroatoms. The molecule has 0 aromatic heterocycles. The maximum atomic E-state index is 12.7. The van der Waals surface area contributed by atoms with Crippen molar-refractivity contribution in [3.05, 3.63) is 59.7 Å². The molecule has 0 aliphatic rings. The van der Waals surface area contributed by atoms with Crippen LogP contribution in [0.5, 0.6) is 5.75 Å². The molecule has 0 unspecified atom stereocenters. The minimum atomic E-state index is -4.48. The average molecular weight is 334 g/mol. The fourth-order valence-corrected chi connectivity index (χ4v) is 1.88. The van der Waals surface area contributed by atoms with Gasteiger partial charge in [0, 0.05) is 5.69 Å². The maximum absolute atomic E-state index is 12.7. The van der Waals surface area contributed by atoms with Crippen molar-refractivity contribution >= 4 is 11.6 Å². The van der Waals surface area contributed by atoms with E-state index in [2.05, 4.69) is 5.32 Å². The molecule has 0 radical (unpaired) electrons. The number of nitrogens with one attached hydrogen (secondary N) is 1. The number of nitrogens with zero attached hydrogens (tertiary/aromatic N) is 1. The molecule has 1 amide bonds. The first kappa shape index (κ1) is 17.3. The van der Waals surface area contributed by atoms with Gasteiger partial charge in [0.25, 0.3) is 5.91 Å². The van der Waals surface area contributed by atoms with Gasteiger partial charge in [-0.2, -0.15) is 18.4 Å². The monoisotopic (exact) mass is 334 g/mol. The molecule has 2 aromatic carbocycles. The molecule has 0 fully saturated rings. The first-order chi connectivity index (χ1) is 11.3. The molecular weight excluding hydrogens is 321 g/mol. The normalized spacial score (nSPS) is 12.1. The summed E-state index contributed by atoms with van der Waals surface area (Å²) in [6.45, 7) is 1.47. The third-order valence-corrected chi connectivity index (χ3v) is 3.12. The van der Waals surface area contributed by atoms with Crippen LogP contribution in [0.15, 0.2) is 48.5 Å². The van der Waals surface area contributed by atoms with Gasteiger partial charge >= 0.3 is 6.18 Å². The van der Waals surface area contributed by atoms with Gasteiger partial charge in [0.1, 0.15) is 5.75 Å². The summed E-state index contributed by atoms with van der Waals surface area (Å²) in [5.74, 6) is -0.209. The smallest absolute Gasteiger partial charge is 0.416 e. The summed E-state index contributed by atoms with van der Waals surface area (Å²) in [6.07, 6.45) is -5.40. The van der Waals surface area contributed by atoms with E-state index in [0.717, 1.165) is 12.1 Å². The Bertz CT molecular complexity index is 765. The molecule has 0 heterocycles. The van der Waals surface area contributed by atoms with Crippen LogP contribution in [0.2, 0.25) is 0 Å². The summed E-state index contributed by atoms with van der Waals surface area (Å²) in [5, 5.41) is 11.1. The van der Waals surface area contributed by atoms with Crippen molar-refractivity contribution < 1.29 is 22.7 Å². The van der Waals surface area contributed by atoms with Crippen LogP contribution in [-0.4, -0.2) is 12.0 Å². The quantitative estimate of drug-likeness (QED) is 0.920. The van der Waals surface area contributed by atoms with E-state index < -0.39 is 23.8 Å².